The molecule has 0 fully saturated rings. The second-order valence-electron chi connectivity index (χ2n) is 5.67. The minimum atomic E-state index is -0.418. The summed E-state index contributed by atoms with van der Waals surface area (Å²) >= 11 is 0. The van der Waals surface area contributed by atoms with E-state index in [4.69, 9.17) is 9.47 Å². The fraction of sp³-hybridized carbons (Fsp3) is 0.200. The molecule has 0 saturated carbocycles. The summed E-state index contributed by atoms with van der Waals surface area (Å²) in [7, 11) is 3.08. The summed E-state index contributed by atoms with van der Waals surface area (Å²) in [5.41, 5.74) is 2.55. The average Bonchev–Trinajstić information content (AvgIpc) is 2.62. The predicted molar refractivity (Wildman–Crippen MR) is 101 cm³/mol. The highest BCUT2D eigenvalue weighted by molar-refractivity contribution is 6.08. The lowest BCUT2D eigenvalue weighted by Crippen LogP contribution is -2.28. The third kappa shape index (κ3) is 5.11. The van der Waals surface area contributed by atoms with Gasteiger partial charge in [0.05, 0.1) is 14.2 Å². The van der Waals surface area contributed by atoms with Gasteiger partial charge in [0.25, 0.3) is 5.91 Å². The van der Waals surface area contributed by atoms with Gasteiger partial charge in [-0.3, -0.25) is 9.59 Å². The van der Waals surface area contributed by atoms with Crippen molar-refractivity contribution in [2.75, 3.05) is 19.5 Å². The van der Waals surface area contributed by atoms with Gasteiger partial charge in [-0.05, 0) is 42.8 Å². The number of rotatable bonds is 6. The van der Waals surface area contributed by atoms with E-state index in [2.05, 4.69) is 10.6 Å². The van der Waals surface area contributed by atoms with Crippen LogP contribution in [0.2, 0.25) is 0 Å². The molecule has 6 nitrogen and oxygen atoms in total. The summed E-state index contributed by atoms with van der Waals surface area (Å²) in [6, 6.07) is 12.6. The van der Waals surface area contributed by atoms with Crippen LogP contribution in [0, 0.1) is 6.92 Å². The van der Waals surface area contributed by atoms with E-state index in [1.54, 1.807) is 43.5 Å². The fourth-order valence-electron chi connectivity index (χ4n) is 2.29. The molecule has 0 aliphatic heterocycles. The molecule has 0 bridgehead atoms. The van der Waals surface area contributed by atoms with Crippen LogP contribution in [0.4, 0.5) is 5.69 Å². The molecule has 2 N–H and O–H groups in total. The van der Waals surface area contributed by atoms with Crippen LogP contribution in [0.5, 0.6) is 11.5 Å². The summed E-state index contributed by atoms with van der Waals surface area (Å²) in [5.74, 6) is 0.354. The monoisotopic (exact) mass is 354 g/mol. The number of carbonyl (C=O) groups is 2. The van der Waals surface area contributed by atoms with Crippen LogP contribution in [-0.4, -0.2) is 26.0 Å². The maximum Gasteiger partial charge on any atom is 0.272 e. The first kappa shape index (κ1) is 19.1. The van der Waals surface area contributed by atoms with Crippen molar-refractivity contribution in [1.82, 2.24) is 5.32 Å². The number of anilines is 1. The van der Waals surface area contributed by atoms with Gasteiger partial charge < -0.3 is 20.1 Å². The summed E-state index contributed by atoms with van der Waals surface area (Å²) in [6.45, 7) is 3.31. The van der Waals surface area contributed by atoms with Gasteiger partial charge in [0.1, 0.15) is 5.70 Å². The number of carbonyl (C=O) groups excluding carboxylic acids is 2. The summed E-state index contributed by atoms with van der Waals surface area (Å²) in [5, 5.41) is 5.33. The summed E-state index contributed by atoms with van der Waals surface area (Å²) < 4.78 is 10.5. The lowest BCUT2D eigenvalue weighted by atomic mass is 10.1. The third-order valence-electron chi connectivity index (χ3n) is 3.58. The number of ether oxygens (including phenoxy) is 2. The molecule has 6 heteroatoms. The molecule has 0 saturated heterocycles. The molecule has 0 aliphatic carbocycles. The zero-order valence-electron chi connectivity index (χ0n) is 15.3. The van der Waals surface area contributed by atoms with Crippen molar-refractivity contribution < 1.29 is 19.1 Å². The number of aryl methyl sites for hydroxylation is 1. The highest BCUT2D eigenvalue weighted by atomic mass is 16.5. The van der Waals surface area contributed by atoms with Gasteiger partial charge in [0.2, 0.25) is 5.91 Å². The van der Waals surface area contributed by atoms with Crippen LogP contribution < -0.4 is 20.1 Å². The minimum absolute atomic E-state index is 0.130. The van der Waals surface area contributed by atoms with Crippen LogP contribution in [-0.2, 0) is 9.59 Å². The Hall–Kier alpha value is -3.28. The molecule has 0 radical (unpaired) electrons. The van der Waals surface area contributed by atoms with E-state index in [9.17, 15) is 9.59 Å². The highest BCUT2D eigenvalue weighted by Gasteiger charge is 2.13. The standard InChI is InChI=1S/C20H22N2O4/c1-13-5-8-16(9-6-13)22-20(24)17(21-14(2)23)11-15-7-10-18(25-3)19(12-15)26-4/h5-12H,1-4H3,(H,21,23)(H,22,24). The van der Waals surface area contributed by atoms with Gasteiger partial charge in [0.15, 0.2) is 11.5 Å². The Labute approximate surface area is 152 Å². The molecular weight excluding hydrogens is 332 g/mol. The Kier molecular flexibility index (Phi) is 6.38. The maximum absolute atomic E-state index is 12.6. The second-order valence-corrected chi connectivity index (χ2v) is 5.67. The van der Waals surface area contributed by atoms with Gasteiger partial charge in [0, 0.05) is 12.6 Å². The van der Waals surface area contributed by atoms with Crippen molar-refractivity contribution in [2.24, 2.45) is 0 Å². The Balaban J connectivity index is 2.30. The minimum Gasteiger partial charge on any atom is -0.493 e. The molecule has 0 atom stereocenters. The smallest absolute Gasteiger partial charge is 0.272 e. The summed E-state index contributed by atoms with van der Waals surface area (Å²) in [4.78, 5) is 24.1. The quantitative estimate of drug-likeness (QED) is 0.782. The Morgan fingerprint density at radius 2 is 1.62 bits per heavy atom. The number of hydrogen-bond acceptors (Lipinski definition) is 4. The van der Waals surface area contributed by atoms with Gasteiger partial charge in [-0.25, -0.2) is 0 Å². The molecule has 2 amide bonds. The molecular formula is C20H22N2O4. The first-order valence-corrected chi connectivity index (χ1v) is 8.02. The number of methoxy groups -OCH3 is 2. The van der Waals surface area contributed by atoms with E-state index in [-0.39, 0.29) is 11.6 Å². The first-order valence-electron chi connectivity index (χ1n) is 8.02. The Morgan fingerprint density at radius 1 is 0.962 bits per heavy atom. The molecule has 0 aliphatic rings. The molecule has 0 unspecified atom stereocenters. The van der Waals surface area contributed by atoms with Gasteiger partial charge in [-0.2, -0.15) is 0 Å². The van der Waals surface area contributed by atoms with E-state index in [1.165, 1.54) is 14.0 Å². The molecule has 0 heterocycles. The summed E-state index contributed by atoms with van der Waals surface area (Å²) in [6.07, 6.45) is 1.58. The molecule has 0 spiro atoms. The van der Waals surface area contributed by atoms with E-state index in [0.717, 1.165) is 5.56 Å². The van der Waals surface area contributed by atoms with Crippen LogP contribution >= 0.6 is 0 Å². The van der Waals surface area contributed by atoms with E-state index in [0.29, 0.717) is 22.7 Å². The first-order chi connectivity index (χ1) is 12.4. The molecule has 2 aromatic rings. The topological polar surface area (TPSA) is 76.7 Å². The van der Waals surface area contributed by atoms with Crippen LogP contribution in [0.3, 0.4) is 0 Å². The van der Waals surface area contributed by atoms with Crippen molar-refractivity contribution >= 4 is 23.6 Å². The van der Waals surface area contributed by atoms with Crippen molar-refractivity contribution in [3.05, 3.63) is 59.3 Å². The molecule has 2 aromatic carbocycles. The van der Waals surface area contributed by atoms with Crippen LogP contribution in [0.15, 0.2) is 48.2 Å². The molecule has 0 aromatic heterocycles. The zero-order valence-corrected chi connectivity index (χ0v) is 15.3. The fourth-order valence-corrected chi connectivity index (χ4v) is 2.29. The van der Waals surface area contributed by atoms with E-state index in [1.807, 2.05) is 19.1 Å². The molecule has 136 valence electrons. The largest absolute Gasteiger partial charge is 0.493 e. The van der Waals surface area contributed by atoms with Crippen LogP contribution in [0.25, 0.3) is 6.08 Å². The maximum atomic E-state index is 12.6. The van der Waals surface area contributed by atoms with Crippen molar-refractivity contribution in [1.29, 1.82) is 0 Å². The highest BCUT2D eigenvalue weighted by Crippen LogP contribution is 2.28. The van der Waals surface area contributed by atoms with Gasteiger partial charge >= 0.3 is 0 Å². The second kappa shape index (κ2) is 8.71. The number of benzene rings is 2. The number of amides is 2. The Bertz CT molecular complexity index is 826. The van der Waals surface area contributed by atoms with Crippen molar-refractivity contribution in [3.63, 3.8) is 0 Å². The predicted octanol–water partition coefficient (Wildman–Crippen LogP) is 3.13. The van der Waals surface area contributed by atoms with E-state index < -0.39 is 5.91 Å². The van der Waals surface area contributed by atoms with E-state index >= 15 is 0 Å². The SMILES string of the molecule is COc1ccc(C=C(NC(C)=O)C(=O)Nc2ccc(C)cc2)cc1OC. The van der Waals surface area contributed by atoms with Crippen LogP contribution in [0.1, 0.15) is 18.1 Å². The zero-order chi connectivity index (χ0) is 19.1. The lowest BCUT2D eigenvalue weighted by molar-refractivity contribution is -0.120. The molecule has 2 rings (SSSR count). The van der Waals surface area contributed by atoms with Gasteiger partial charge in [-0.15, -0.1) is 0 Å². The third-order valence-corrected chi connectivity index (χ3v) is 3.58. The average molecular weight is 354 g/mol. The lowest BCUT2D eigenvalue weighted by Gasteiger charge is -2.11. The Morgan fingerprint density at radius 3 is 2.19 bits per heavy atom. The molecule has 26 heavy (non-hydrogen) atoms. The number of hydrogen-bond donors (Lipinski definition) is 2. The van der Waals surface area contributed by atoms with Gasteiger partial charge in [-0.1, -0.05) is 23.8 Å². The normalized spacial score (nSPS) is 10.8. The van der Waals surface area contributed by atoms with Crippen molar-refractivity contribution in [2.45, 2.75) is 13.8 Å². The van der Waals surface area contributed by atoms with Crippen molar-refractivity contribution in [3.8, 4) is 11.5 Å². The number of nitrogens with one attached hydrogen (secondary N) is 2.